The van der Waals surface area contributed by atoms with Crippen molar-refractivity contribution in [1.82, 2.24) is 24.9 Å². The number of aromatic amines is 1. The van der Waals surface area contributed by atoms with Crippen molar-refractivity contribution in [3.05, 3.63) is 17.0 Å². The van der Waals surface area contributed by atoms with E-state index in [1.165, 1.54) is 0 Å². The van der Waals surface area contributed by atoms with Crippen LogP contribution in [0.1, 0.15) is 47.9 Å². The van der Waals surface area contributed by atoms with Crippen LogP contribution in [0.15, 0.2) is 0 Å². The molecule has 0 unspecified atom stereocenters. The first-order chi connectivity index (χ1) is 13.4. The van der Waals surface area contributed by atoms with Gasteiger partial charge in [0.15, 0.2) is 5.69 Å². The summed E-state index contributed by atoms with van der Waals surface area (Å²) in [4.78, 5) is 30.9. The monoisotopic (exact) mass is 391 g/mol. The van der Waals surface area contributed by atoms with E-state index in [9.17, 15) is 14.7 Å². The first kappa shape index (κ1) is 20.8. The van der Waals surface area contributed by atoms with Crippen LogP contribution in [0, 0.1) is 12.8 Å². The molecule has 2 atom stereocenters. The molecule has 0 radical (unpaired) electrons. The van der Waals surface area contributed by atoms with Gasteiger partial charge in [-0.05, 0) is 39.2 Å². The van der Waals surface area contributed by atoms with Crippen LogP contribution in [-0.2, 0) is 11.2 Å². The van der Waals surface area contributed by atoms with E-state index in [1.807, 2.05) is 18.7 Å². The summed E-state index contributed by atoms with van der Waals surface area (Å²) in [6.45, 7) is 9.39. The van der Waals surface area contributed by atoms with E-state index in [-0.39, 0.29) is 18.2 Å². The van der Waals surface area contributed by atoms with Gasteiger partial charge in [-0.15, -0.1) is 0 Å². The minimum absolute atomic E-state index is 0.0365. The molecule has 3 heterocycles. The number of carboxylic acid groups (broad SMARTS) is 1. The third-order valence-corrected chi connectivity index (χ3v) is 6.38. The molecule has 28 heavy (non-hydrogen) atoms. The summed E-state index contributed by atoms with van der Waals surface area (Å²) in [5.74, 6) is -0.621. The summed E-state index contributed by atoms with van der Waals surface area (Å²) < 4.78 is 0. The highest BCUT2D eigenvalue weighted by Crippen LogP contribution is 2.28. The van der Waals surface area contributed by atoms with E-state index >= 15 is 0 Å². The Balaban J connectivity index is 1.71. The van der Waals surface area contributed by atoms with E-state index in [2.05, 4.69) is 27.0 Å². The molecular weight excluding hydrogens is 358 g/mol. The number of hydrogen-bond donors (Lipinski definition) is 2. The zero-order chi connectivity index (χ0) is 20.3. The molecule has 1 aromatic rings. The number of aryl methyl sites for hydroxylation is 1. The van der Waals surface area contributed by atoms with Gasteiger partial charge in [-0.3, -0.25) is 19.6 Å². The topological polar surface area (TPSA) is 92.8 Å². The summed E-state index contributed by atoms with van der Waals surface area (Å²) >= 11 is 0. The molecule has 8 heteroatoms. The van der Waals surface area contributed by atoms with Crippen LogP contribution in [0.5, 0.6) is 0 Å². The zero-order valence-electron chi connectivity index (χ0n) is 17.3. The van der Waals surface area contributed by atoms with Gasteiger partial charge in [0.05, 0.1) is 0 Å². The van der Waals surface area contributed by atoms with Crippen LogP contribution in [0.2, 0.25) is 0 Å². The molecule has 2 fully saturated rings. The number of rotatable bonds is 6. The van der Waals surface area contributed by atoms with Gasteiger partial charge in [0, 0.05) is 63.0 Å². The standard InChI is InChI=1S/C20H33N5O3/c1-4-16-14(2)19(22-21-16)20(28)25-8-7-17(15(13-25)5-6-18(26)27)24-11-9-23(3)10-12-24/h15,17H,4-13H2,1-3H3,(H,21,22)(H,26,27)/t15-,17+/m1/s1. The van der Waals surface area contributed by atoms with Crippen molar-refractivity contribution in [3.63, 3.8) is 0 Å². The molecule has 2 saturated heterocycles. The van der Waals surface area contributed by atoms with Crippen molar-refractivity contribution >= 4 is 11.9 Å². The van der Waals surface area contributed by atoms with E-state index in [0.717, 1.165) is 50.3 Å². The van der Waals surface area contributed by atoms with E-state index in [1.54, 1.807) is 0 Å². The predicted molar refractivity (Wildman–Crippen MR) is 106 cm³/mol. The van der Waals surface area contributed by atoms with Gasteiger partial charge >= 0.3 is 5.97 Å². The molecule has 156 valence electrons. The number of piperidine rings is 1. The first-order valence-electron chi connectivity index (χ1n) is 10.4. The molecule has 8 nitrogen and oxygen atoms in total. The minimum atomic E-state index is -0.767. The number of carboxylic acids is 1. The molecule has 3 rings (SSSR count). The van der Waals surface area contributed by atoms with E-state index in [4.69, 9.17) is 0 Å². The number of aromatic nitrogens is 2. The Morgan fingerprint density at radius 1 is 1.21 bits per heavy atom. The van der Waals surface area contributed by atoms with Crippen molar-refractivity contribution in [2.24, 2.45) is 5.92 Å². The highest BCUT2D eigenvalue weighted by Gasteiger charge is 2.37. The van der Waals surface area contributed by atoms with Crippen molar-refractivity contribution < 1.29 is 14.7 Å². The lowest BCUT2D eigenvalue weighted by Crippen LogP contribution is -2.57. The van der Waals surface area contributed by atoms with Gasteiger partial charge in [-0.1, -0.05) is 6.92 Å². The molecule has 0 saturated carbocycles. The number of carbonyl (C=O) groups is 2. The number of likely N-dealkylation sites (tertiary alicyclic amines) is 1. The van der Waals surface area contributed by atoms with Crippen molar-refractivity contribution in [2.45, 2.75) is 45.6 Å². The second-order valence-corrected chi connectivity index (χ2v) is 8.17. The van der Waals surface area contributed by atoms with Crippen LogP contribution < -0.4 is 0 Å². The highest BCUT2D eigenvalue weighted by atomic mass is 16.4. The number of carbonyl (C=O) groups excluding carboxylic acids is 1. The maximum atomic E-state index is 13.1. The second kappa shape index (κ2) is 9.05. The Morgan fingerprint density at radius 2 is 1.93 bits per heavy atom. The summed E-state index contributed by atoms with van der Waals surface area (Å²) in [6, 6.07) is 0.351. The summed E-state index contributed by atoms with van der Waals surface area (Å²) in [7, 11) is 2.14. The third kappa shape index (κ3) is 4.55. The maximum Gasteiger partial charge on any atom is 0.303 e. The molecule has 1 amide bonds. The number of nitrogens with zero attached hydrogens (tertiary/aromatic N) is 4. The van der Waals surface area contributed by atoms with Crippen LogP contribution in [0.3, 0.4) is 0 Å². The second-order valence-electron chi connectivity index (χ2n) is 8.17. The number of aliphatic carboxylic acids is 1. The summed E-state index contributed by atoms with van der Waals surface area (Å²) in [6.07, 6.45) is 2.47. The zero-order valence-corrected chi connectivity index (χ0v) is 17.3. The molecule has 0 aromatic carbocycles. The van der Waals surface area contributed by atoms with Crippen LogP contribution >= 0.6 is 0 Å². The van der Waals surface area contributed by atoms with Crippen molar-refractivity contribution in [2.75, 3.05) is 46.3 Å². The number of H-pyrrole nitrogens is 1. The van der Waals surface area contributed by atoms with Gasteiger partial charge in [0.1, 0.15) is 0 Å². The first-order valence-corrected chi connectivity index (χ1v) is 10.4. The Labute approximate surface area is 166 Å². The Kier molecular flexibility index (Phi) is 6.72. The molecule has 2 aliphatic rings. The molecule has 0 spiro atoms. The maximum absolute atomic E-state index is 13.1. The smallest absolute Gasteiger partial charge is 0.303 e. The van der Waals surface area contributed by atoms with Crippen molar-refractivity contribution in [3.8, 4) is 0 Å². The van der Waals surface area contributed by atoms with Gasteiger partial charge < -0.3 is 14.9 Å². The number of piperazine rings is 1. The minimum Gasteiger partial charge on any atom is -0.481 e. The molecule has 0 bridgehead atoms. The number of likely N-dealkylation sites (N-methyl/N-ethyl adjacent to an activating group) is 1. The fraction of sp³-hybridized carbons (Fsp3) is 0.750. The van der Waals surface area contributed by atoms with Gasteiger partial charge in [-0.25, -0.2) is 0 Å². The molecule has 2 N–H and O–H groups in total. The van der Waals surface area contributed by atoms with Crippen LogP contribution in [0.25, 0.3) is 0 Å². The van der Waals surface area contributed by atoms with E-state index in [0.29, 0.717) is 31.2 Å². The number of amides is 1. The van der Waals surface area contributed by atoms with Crippen LogP contribution in [-0.4, -0.2) is 94.2 Å². The lowest BCUT2D eigenvalue weighted by Gasteiger charge is -2.46. The van der Waals surface area contributed by atoms with Gasteiger partial charge in [-0.2, -0.15) is 5.10 Å². The normalized spacial score (nSPS) is 24.5. The third-order valence-electron chi connectivity index (χ3n) is 6.38. The lowest BCUT2D eigenvalue weighted by atomic mass is 9.86. The lowest BCUT2D eigenvalue weighted by molar-refractivity contribution is -0.137. The summed E-state index contributed by atoms with van der Waals surface area (Å²) in [5, 5.41) is 16.4. The van der Waals surface area contributed by atoms with Crippen molar-refractivity contribution in [1.29, 1.82) is 0 Å². The molecule has 1 aromatic heterocycles. The van der Waals surface area contributed by atoms with Gasteiger partial charge in [0.25, 0.3) is 5.91 Å². The quantitative estimate of drug-likeness (QED) is 0.758. The molecule has 0 aliphatic carbocycles. The molecular formula is C20H33N5O3. The fourth-order valence-electron chi connectivity index (χ4n) is 4.57. The fourth-order valence-corrected chi connectivity index (χ4v) is 4.57. The SMILES string of the molecule is CCc1[nH]nc(C(=O)N2CC[C@H](N3CCN(C)CC3)[C@H](CCC(=O)O)C2)c1C. The molecule has 2 aliphatic heterocycles. The Bertz CT molecular complexity index is 696. The highest BCUT2D eigenvalue weighted by molar-refractivity contribution is 5.94. The average Bonchev–Trinajstić information content (AvgIpc) is 3.06. The number of hydrogen-bond acceptors (Lipinski definition) is 5. The van der Waals surface area contributed by atoms with E-state index < -0.39 is 5.97 Å². The Hall–Kier alpha value is -1.93. The number of nitrogens with one attached hydrogen (secondary N) is 1. The summed E-state index contributed by atoms with van der Waals surface area (Å²) in [5.41, 5.74) is 2.43. The van der Waals surface area contributed by atoms with Gasteiger partial charge in [0.2, 0.25) is 0 Å². The average molecular weight is 392 g/mol. The Morgan fingerprint density at radius 3 is 2.54 bits per heavy atom. The predicted octanol–water partition coefficient (Wildman–Crippen LogP) is 1.22. The van der Waals surface area contributed by atoms with Crippen LogP contribution in [0.4, 0.5) is 0 Å². The largest absolute Gasteiger partial charge is 0.481 e.